The van der Waals surface area contributed by atoms with Crippen LogP contribution >= 0.6 is 0 Å². The second kappa shape index (κ2) is 7.72. The number of carbonyl (C=O) groups is 2. The third kappa shape index (κ3) is 3.95. The van der Waals surface area contributed by atoms with Gasteiger partial charge in [0, 0.05) is 44.0 Å². The van der Waals surface area contributed by atoms with Crippen molar-refractivity contribution in [1.29, 1.82) is 0 Å². The van der Waals surface area contributed by atoms with Gasteiger partial charge < -0.3 is 14.8 Å². The SMILES string of the molecule is Cc1cc(C(=O)N2CCN(C(=O)CCc3ccccc3F)CC2)c(C)[nH]1. The number of benzene rings is 1. The number of hydrogen-bond donors (Lipinski definition) is 1. The number of aryl methyl sites for hydroxylation is 3. The Morgan fingerprint density at radius 1 is 1.08 bits per heavy atom. The van der Waals surface area contributed by atoms with Crippen molar-refractivity contribution < 1.29 is 14.0 Å². The number of H-pyrrole nitrogens is 1. The van der Waals surface area contributed by atoms with E-state index in [0.717, 1.165) is 11.4 Å². The van der Waals surface area contributed by atoms with E-state index < -0.39 is 0 Å². The van der Waals surface area contributed by atoms with Crippen LogP contribution in [0.2, 0.25) is 0 Å². The van der Waals surface area contributed by atoms with Crippen LogP contribution in [0.5, 0.6) is 0 Å². The molecule has 0 radical (unpaired) electrons. The number of halogens is 1. The summed E-state index contributed by atoms with van der Waals surface area (Å²) in [6.07, 6.45) is 0.678. The van der Waals surface area contributed by atoms with Crippen molar-refractivity contribution in [2.75, 3.05) is 26.2 Å². The van der Waals surface area contributed by atoms with Crippen molar-refractivity contribution >= 4 is 11.8 Å². The summed E-state index contributed by atoms with van der Waals surface area (Å²) in [6, 6.07) is 8.40. The van der Waals surface area contributed by atoms with E-state index in [0.29, 0.717) is 43.7 Å². The van der Waals surface area contributed by atoms with E-state index in [1.54, 1.807) is 28.0 Å². The summed E-state index contributed by atoms with van der Waals surface area (Å²) in [6.45, 7) is 5.90. The summed E-state index contributed by atoms with van der Waals surface area (Å²) < 4.78 is 13.6. The number of nitrogens with zero attached hydrogens (tertiary/aromatic N) is 2. The topological polar surface area (TPSA) is 56.4 Å². The molecule has 5 nitrogen and oxygen atoms in total. The van der Waals surface area contributed by atoms with Crippen LogP contribution < -0.4 is 0 Å². The van der Waals surface area contributed by atoms with Gasteiger partial charge in [-0.1, -0.05) is 18.2 Å². The number of rotatable bonds is 4. The number of aromatic amines is 1. The fourth-order valence-corrected chi connectivity index (χ4v) is 3.38. The van der Waals surface area contributed by atoms with E-state index in [4.69, 9.17) is 0 Å². The van der Waals surface area contributed by atoms with Crippen molar-refractivity contribution in [2.45, 2.75) is 26.7 Å². The summed E-state index contributed by atoms with van der Waals surface area (Å²) in [4.78, 5) is 31.7. The molecule has 1 saturated heterocycles. The molecule has 0 bridgehead atoms. The second-order valence-corrected chi connectivity index (χ2v) is 6.76. The minimum absolute atomic E-state index is 0.00491. The number of carbonyl (C=O) groups excluding carboxylic acids is 2. The Bertz CT molecular complexity index is 807. The molecule has 1 aliphatic rings. The Morgan fingerprint density at radius 3 is 2.35 bits per heavy atom. The summed E-state index contributed by atoms with van der Waals surface area (Å²) in [5, 5.41) is 0. The number of aromatic nitrogens is 1. The van der Waals surface area contributed by atoms with Crippen LogP contribution in [0.15, 0.2) is 30.3 Å². The van der Waals surface area contributed by atoms with Crippen LogP contribution in [0.25, 0.3) is 0 Å². The smallest absolute Gasteiger partial charge is 0.255 e. The molecule has 26 heavy (non-hydrogen) atoms. The van der Waals surface area contributed by atoms with Gasteiger partial charge in [0.2, 0.25) is 5.91 Å². The van der Waals surface area contributed by atoms with Crippen LogP contribution in [0.4, 0.5) is 4.39 Å². The van der Waals surface area contributed by atoms with E-state index in [1.165, 1.54) is 6.07 Å². The first-order valence-corrected chi connectivity index (χ1v) is 8.92. The van der Waals surface area contributed by atoms with Gasteiger partial charge >= 0.3 is 0 Å². The Labute approximate surface area is 152 Å². The molecular weight excluding hydrogens is 333 g/mol. The van der Waals surface area contributed by atoms with Crippen molar-refractivity contribution in [3.63, 3.8) is 0 Å². The minimum atomic E-state index is -0.270. The van der Waals surface area contributed by atoms with Gasteiger partial charge in [-0.3, -0.25) is 9.59 Å². The number of hydrogen-bond acceptors (Lipinski definition) is 2. The summed E-state index contributed by atoms with van der Waals surface area (Å²) >= 11 is 0. The Morgan fingerprint density at radius 2 is 1.73 bits per heavy atom. The largest absolute Gasteiger partial charge is 0.362 e. The van der Waals surface area contributed by atoms with Gasteiger partial charge in [-0.15, -0.1) is 0 Å². The maximum Gasteiger partial charge on any atom is 0.255 e. The van der Waals surface area contributed by atoms with Crippen molar-refractivity contribution in [3.05, 3.63) is 58.7 Å². The van der Waals surface area contributed by atoms with Crippen LogP contribution in [0.1, 0.15) is 33.7 Å². The average Bonchev–Trinajstić information content (AvgIpc) is 2.98. The molecule has 1 N–H and O–H groups in total. The van der Waals surface area contributed by atoms with E-state index >= 15 is 0 Å². The molecule has 1 aliphatic heterocycles. The van der Waals surface area contributed by atoms with Gasteiger partial charge in [0.05, 0.1) is 5.56 Å². The summed E-state index contributed by atoms with van der Waals surface area (Å²) in [5.41, 5.74) is 3.10. The van der Waals surface area contributed by atoms with Crippen LogP contribution in [-0.2, 0) is 11.2 Å². The van der Waals surface area contributed by atoms with Crippen LogP contribution in [0, 0.1) is 19.7 Å². The lowest BCUT2D eigenvalue weighted by Crippen LogP contribution is -2.50. The lowest BCUT2D eigenvalue weighted by molar-refractivity contribution is -0.132. The van der Waals surface area contributed by atoms with Crippen LogP contribution in [0.3, 0.4) is 0 Å². The average molecular weight is 357 g/mol. The maximum absolute atomic E-state index is 13.6. The fourth-order valence-electron chi connectivity index (χ4n) is 3.38. The molecule has 3 rings (SSSR count). The Kier molecular flexibility index (Phi) is 5.40. The number of nitrogens with one attached hydrogen (secondary N) is 1. The Hall–Kier alpha value is -2.63. The quantitative estimate of drug-likeness (QED) is 0.915. The van der Waals surface area contributed by atoms with Crippen molar-refractivity contribution in [1.82, 2.24) is 14.8 Å². The third-order valence-corrected chi connectivity index (χ3v) is 4.87. The summed E-state index contributed by atoms with van der Waals surface area (Å²) in [7, 11) is 0. The zero-order valence-electron chi connectivity index (χ0n) is 15.2. The zero-order chi connectivity index (χ0) is 18.7. The molecule has 2 aromatic rings. The first kappa shape index (κ1) is 18.2. The molecule has 1 aromatic heterocycles. The van der Waals surface area contributed by atoms with Gasteiger partial charge in [0.15, 0.2) is 0 Å². The predicted octanol–water partition coefficient (Wildman–Crippen LogP) is 2.69. The zero-order valence-corrected chi connectivity index (χ0v) is 15.2. The van der Waals surface area contributed by atoms with Crippen molar-refractivity contribution in [2.24, 2.45) is 0 Å². The molecular formula is C20H24FN3O2. The molecule has 0 atom stereocenters. The second-order valence-electron chi connectivity index (χ2n) is 6.76. The highest BCUT2D eigenvalue weighted by molar-refractivity contribution is 5.95. The highest BCUT2D eigenvalue weighted by atomic mass is 19.1. The maximum atomic E-state index is 13.6. The molecule has 1 aromatic carbocycles. The highest BCUT2D eigenvalue weighted by Crippen LogP contribution is 2.15. The predicted molar refractivity (Wildman–Crippen MR) is 97.5 cm³/mol. The highest BCUT2D eigenvalue weighted by Gasteiger charge is 2.26. The molecule has 0 unspecified atom stereocenters. The summed E-state index contributed by atoms with van der Waals surface area (Å²) in [5.74, 6) is -0.257. The van der Waals surface area contributed by atoms with Gasteiger partial charge in [-0.25, -0.2) is 4.39 Å². The first-order valence-electron chi connectivity index (χ1n) is 8.92. The normalized spacial score (nSPS) is 14.6. The molecule has 0 spiro atoms. The monoisotopic (exact) mass is 357 g/mol. The molecule has 0 aliphatic carbocycles. The van der Waals surface area contributed by atoms with E-state index in [-0.39, 0.29) is 24.1 Å². The van der Waals surface area contributed by atoms with Gasteiger partial charge in [0.25, 0.3) is 5.91 Å². The number of piperazine rings is 1. The van der Waals surface area contributed by atoms with Gasteiger partial charge in [-0.05, 0) is 38.0 Å². The third-order valence-electron chi connectivity index (χ3n) is 4.87. The standard InChI is InChI=1S/C20H24FN3O2/c1-14-13-17(15(2)22-14)20(26)24-11-9-23(10-12-24)19(25)8-7-16-5-3-4-6-18(16)21/h3-6,13,22H,7-12H2,1-2H3. The lowest BCUT2D eigenvalue weighted by atomic mass is 10.1. The molecule has 1 fully saturated rings. The Balaban J connectivity index is 1.51. The van der Waals surface area contributed by atoms with E-state index in [9.17, 15) is 14.0 Å². The first-order chi connectivity index (χ1) is 12.5. The minimum Gasteiger partial charge on any atom is -0.362 e. The van der Waals surface area contributed by atoms with E-state index in [1.807, 2.05) is 19.9 Å². The fraction of sp³-hybridized carbons (Fsp3) is 0.400. The van der Waals surface area contributed by atoms with Crippen LogP contribution in [-0.4, -0.2) is 52.8 Å². The molecule has 2 amide bonds. The lowest BCUT2D eigenvalue weighted by Gasteiger charge is -2.35. The van der Waals surface area contributed by atoms with Crippen molar-refractivity contribution in [3.8, 4) is 0 Å². The molecule has 0 saturated carbocycles. The van der Waals surface area contributed by atoms with Gasteiger partial charge in [0.1, 0.15) is 5.82 Å². The van der Waals surface area contributed by atoms with Gasteiger partial charge in [-0.2, -0.15) is 0 Å². The molecule has 6 heteroatoms. The van der Waals surface area contributed by atoms with E-state index in [2.05, 4.69) is 4.98 Å². The molecule has 2 heterocycles. The molecule has 138 valence electrons. The number of amides is 2.